The van der Waals surface area contributed by atoms with Gasteiger partial charge in [0.2, 0.25) is 0 Å². The van der Waals surface area contributed by atoms with Crippen LogP contribution in [-0.4, -0.2) is 41.9 Å². The molecule has 31 heavy (non-hydrogen) atoms. The van der Waals surface area contributed by atoms with Crippen LogP contribution in [-0.2, 0) is 17.6 Å². The number of rotatable bonds is 7. The number of thioether (sulfide) groups is 1. The molecule has 4 rings (SSSR count). The molecule has 0 bridgehead atoms. The third kappa shape index (κ3) is 4.29. The van der Waals surface area contributed by atoms with Crippen LogP contribution in [0.3, 0.4) is 0 Å². The Balaban J connectivity index is 1.65. The first-order chi connectivity index (χ1) is 15.0. The molecule has 3 aromatic rings. The number of carboxylic acids is 1. The third-order valence-corrected chi connectivity index (χ3v) is 6.35. The van der Waals surface area contributed by atoms with Gasteiger partial charge in [0, 0.05) is 33.3 Å². The van der Waals surface area contributed by atoms with Gasteiger partial charge in [-0.2, -0.15) is 0 Å². The molecule has 1 aliphatic carbocycles. The summed E-state index contributed by atoms with van der Waals surface area (Å²) in [5.74, 6) is -0.0248. The summed E-state index contributed by atoms with van der Waals surface area (Å²) >= 11 is 1.32. The number of nitrogens with zero attached hydrogens (tertiary/aromatic N) is 1. The van der Waals surface area contributed by atoms with Crippen molar-refractivity contribution >= 4 is 40.2 Å². The van der Waals surface area contributed by atoms with E-state index in [1.807, 2.05) is 6.07 Å². The zero-order valence-electron chi connectivity index (χ0n) is 17.2. The quantitative estimate of drug-likeness (QED) is 0.534. The Kier molecular flexibility index (Phi) is 5.99. The van der Waals surface area contributed by atoms with E-state index in [2.05, 4.69) is 5.32 Å². The number of methoxy groups -OCH3 is 2. The van der Waals surface area contributed by atoms with E-state index in [1.165, 1.54) is 18.9 Å². The van der Waals surface area contributed by atoms with E-state index < -0.39 is 5.97 Å². The summed E-state index contributed by atoms with van der Waals surface area (Å²) in [6, 6.07) is 10.5. The van der Waals surface area contributed by atoms with E-state index in [1.54, 1.807) is 37.4 Å². The number of amides is 1. The predicted molar refractivity (Wildman–Crippen MR) is 120 cm³/mol. The Morgan fingerprint density at radius 2 is 1.90 bits per heavy atom. The topological polar surface area (TPSA) is 97.8 Å². The van der Waals surface area contributed by atoms with Gasteiger partial charge >= 0.3 is 5.97 Å². The number of pyridine rings is 1. The lowest BCUT2D eigenvalue weighted by molar-refractivity contribution is -0.133. The fraction of sp³-hybridized carbons (Fsp3) is 0.261. The molecule has 2 aromatic carbocycles. The van der Waals surface area contributed by atoms with Crippen LogP contribution in [0.15, 0.2) is 41.3 Å². The Bertz CT molecular complexity index is 1180. The van der Waals surface area contributed by atoms with Crippen LogP contribution in [0, 0.1) is 0 Å². The molecule has 1 aliphatic rings. The first-order valence-corrected chi connectivity index (χ1v) is 10.8. The van der Waals surface area contributed by atoms with Crippen LogP contribution in [0.5, 0.6) is 11.5 Å². The van der Waals surface area contributed by atoms with Crippen molar-refractivity contribution in [3.8, 4) is 11.5 Å². The number of hydrogen-bond donors (Lipinski definition) is 2. The monoisotopic (exact) mass is 438 g/mol. The smallest absolute Gasteiger partial charge is 0.313 e. The molecule has 0 aliphatic heterocycles. The molecule has 7 nitrogen and oxygen atoms in total. The molecule has 1 heterocycles. The zero-order chi connectivity index (χ0) is 22.0. The maximum Gasteiger partial charge on any atom is 0.313 e. The molecule has 2 N–H and O–H groups in total. The summed E-state index contributed by atoms with van der Waals surface area (Å²) < 4.78 is 10.5. The van der Waals surface area contributed by atoms with Gasteiger partial charge in [0.1, 0.15) is 0 Å². The van der Waals surface area contributed by atoms with E-state index in [9.17, 15) is 9.59 Å². The number of aliphatic carboxylic acids is 1. The molecule has 0 unspecified atom stereocenters. The second-order valence-corrected chi connectivity index (χ2v) is 8.14. The normalized spacial score (nSPS) is 12.5. The molecular formula is C23H22N2O5S. The Morgan fingerprint density at radius 3 is 2.65 bits per heavy atom. The number of fused-ring (bicyclic) bond motifs is 2. The molecule has 0 saturated carbocycles. The average molecular weight is 439 g/mol. The summed E-state index contributed by atoms with van der Waals surface area (Å²) in [5.41, 5.74) is 3.90. The second kappa shape index (κ2) is 8.85. The number of hydrogen-bond acceptors (Lipinski definition) is 6. The van der Waals surface area contributed by atoms with Crippen LogP contribution in [0.4, 0.5) is 5.69 Å². The maximum absolute atomic E-state index is 12.9. The molecule has 0 saturated heterocycles. The Labute approximate surface area is 183 Å². The highest BCUT2D eigenvalue weighted by Gasteiger charge is 2.21. The van der Waals surface area contributed by atoms with Crippen molar-refractivity contribution in [2.75, 3.05) is 25.3 Å². The highest BCUT2D eigenvalue weighted by molar-refractivity contribution is 8.00. The summed E-state index contributed by atoms with van der Waals surface area (Å²) in [6.45, 7) is 0. The minimum atomic E-state index is -0.854. The largest absolute Gasteiger partial charge is 0.493 e. The molecule has 0 spiro atoms. The van der Waals surface area contributed by atoms with Crippen molar-refractivity contribution in [1.29, 1.82) is 0 Å². The van der Waals surface area contributed by atoms with Gasteiger partial charge in [-0.05, 0) is 49.1 Å². The number of aromatic nitrogens is 1. The molecule has 1 aromatic heterocycles. The van der Waals surface area contributed by atoms with E-state index in [4.69, 9.17) is 19.6 Å². The van der Waals surface area contributed by atoms with Crippen LogP contribution in [0.2, 0.25) is 0 Å². The van der Waals surface area contributed by atoms with E-state index in [-0.39, 0.29) is 11.7 Å². The summed E-state index contributed by atoms with van der Waals surface area (Å²) in [6.07, 6.45) is 2.78. The number of carbonyl (C=O) groups excluding carboxylic acids is 1. The molecule has 1 amide bonds. The van der Waals surface area contributed by atoms with Crippen molar-refractivity contribution in [3.63, 3.8) is 0 Å². The number of ether oxygens (including phenoxy) is 2. The summed E-state index contributed by atoms with van der Waals surface area (Å²) in [7, 11) is 3.09. The van der Waals surface area contributed by atoms with E-state index >= 15 is 0 Å². The fourth-order valence-corrected chi connectivity index (χ4v) is 4.77. The maximum atomic E-state index is 12.9. The summed E-state index contributed by atoms with van der Waals surface area (Å²) in [4.78, 5) is 29.7. The summed E-state index contributed by atoms with van der Waals surface area (Å²) in [5, 5.41) is 12.9. The lowest BCUT2D eigenvalue weighted by Crippen LogP contribution is -2.12. The van der Waals surface area contributed by atoms with Crippen molar-refractivity contribution in [1.82, 2.24) is 4.98 Å². The number of aryl methyl sites for hydroxylation is 1. The second-order valence-electron chi connectivity index (χ2n) is 7.16. The van der Waals surface area contributed by atoms with Gasteiger partial charge in [-0.3, -0.25) is 14.6 Å². The fourth-order valence-electron chi connectivity index (χ4n) is 3.78. The molecule has 0 fully saturated rings. The van der Waals surface area contributed by atoms with Crippen LogP contribution >= 0.6 is 11.8 Å². The average Bonchev–Trinajstić information content (AvgIpc) is 3.24. The van der Waals surface area contributed by atoms with Gasteiger partial charge in [-0.1, -0.05) is 6.07 Å². The van der Waals surface area contributed by atoms with Gasteiger partial charge in [0.25, 0.3) is 5.91 Å². The first-order valence-electron chi connectivity index (χ1n) is 9.83. The lowest BCUT2D eigenvalue weighted by Gasteiger charge is -2.13. The standard InChI is InChI=1S/C23H22N2O5S/c1-29-19-9-7-14(11-20(19)30-2)24-23(28)13-6-8-16-18(10-13)25-17-5-3-4-15(17)22(16)31-12-21(26)27/h6-11H,3-5,12H2,1-2H3,(H,24,28)(H,26,27). The minimum Gasteiger partial charge on any atom is -0.493 e. The van der Waals surface area contributed by atoms with E-state index in [0.717, 1.165) is 40.8 Å². The number of carboxylic acid groups (broad SMARTS) is 1. The highest BCUT2D eigenvalue weighted by Crippen LogP contribution is 2.37. The predicted octanol–water partition coefficient (Wildman–Crippen LogP) is 4.17. The first kappa shape index (κ1) is 21.0. The Hall–Kier alpha value is -3.26. The zero-order valence-corrected chi connectivity index (χ0v) is 18.0. The van der Waals surface area contributed by atoms with E-state index in [0.29, 0.717) is 28.3 Å². The van der Waals surface area contributed by atoms with Crippen LogP contribution in [0.1, 0.15) is 28.0 Å². The number of carbonyl (C=O) groups is 2. The Morgan fingerprint density at radius 1 is 1.10 bits per heavy atom. The van der Waals surface area contributed by atoms with Gasteiger partial charge in [0.15, 0.2) is 11.5 Å². The van der Waals surface area contributed by atoms with Gasteiger partial charge in [-0.25, -0.2) is 0 Å². The van der Waals surface area contributed by atoms with Crippen molar-refractivity contribution in [2.24, 2.45) is 0 Å². The molecule has 8 heteroatoms. The van der Waals surface area contributed by atoms with Gasteiger partial charge < -0.3 is 19.9 Å². The number of anilines is 1. The van der Waals surface area contributed by atoms with Crippen molar-refractivity contribution in [2.45, 2.75) is 24.2 Å². The highest BCUT2D eigenvalue weighted by atomic mass is 32.2. The SMILES string of the molecule is COc1ccc(NC(=O)c2ccc3c(SCC(=O)O)c4c(nc3c2)CCC4)cc1OC. The lowest BCUT2D eigenvalue weighted by atomic mass is 10.1. The van der Waals surface area contributed by atoms with Crippen LogP contribution < -0.4 is 14.8 Å². The van der Waals surface area contributed by atoms with Crippen molar-refractivity contribution < 1.29 is 24.2 Å². The van der Waals surface area contributed by atoms with Gasteiger partial charge in [-0.15, -0.1) is 11.8 Å². The molecule has 160 valence electrons. The molecule has 0 radical (unpaired) electrons. The van der Waals surface area contributed by atoms with Crippen molar-refractivity contribution in [3.05, 3.63) is 53.2 Å². The number of benzene rings is 2. The molecular weight excluding hydrogens is 416 g/mol. The molecule has 0 atom stereocenters. The van der Waals surface area contributed by atoms with Crippen LogP contribution in [0.25, 0.3) is 10.9 Å². The minimum absolute atomic E-state index is 0.00685. The number of nitrogens with one attached hydrogen (secondary N) is 1. The third-order valence-electron chi connectivity index (χ3n) is 5.20. The van der Waals surface area contributed by atoms with Gasteiger partial charge in [0.05, 0.1) is 25.5 Å².